The van der Waals surface area contributed by atoms with Gasteiger partial charge in [0.25, 0.3) is 0 Å². The number of methoxy groups -OCH3 is 1. The quantitative estimate of drug-likeness (QED) is 0.612. The highest BCUT2D eigenvalue weighted by Crippen LogP contribution is 2.23. The molecule has 1 atom stereocenters. The number of aliphatic carboxylic acids is 1. The molecular formula is C13H27NO3. The van der Waals surface area contributed by atoms with Crippen LogP contribution in [0, 0.1) is 0 Å². The van der Waals surface area contributed by atoms with Gasteiger partial charge in [-0.05, 0) is 33.7 Å². The van der Waals surface area contributed by atoms with Crippen molar-refractivity contribution in [1.82, 2.24) is 5.32 Å². The van der Waals surface area contributed by atoms with Crippen LogP contribution in [0.1, 0.15) is 53.4 Å². The van der Waals surface area contributed by atoms with Crippen LogP contribution >= 0.6 is 0 Å². The van der Waals surface area contributed by atoms with E-state index < -0.39 is 17.1 Å². The molecule has 0 aliphatic heterocycles. The number of carboxylic acid groups (broad SMARTS) is 1. The van der Waals surface area contributed by atoms with Gasteiger partial charge in [-0.25, -0.2) is 0 Å². The van der Waals surface area contributed by atoms with Crippen LogP contribution in [0.4, 0.5) is 0 Å². The van der Waals surface area contributed by atoms with Gasteiger partial charge in [-0.2, -0.15) is 0 Å². The summed E-state index contributed by atoms with van der Waals surface area (Å²) in [6, 6.07) is 0. The van der Waals surface area contributed by atoms with E-state index >= 15 is 0 Å². The first-order chi connectivity index (χ1) is 7.77. The fraction of sp³-hybridized carbons (Fsp3) is 0.923. The molecule has 4 heteroatoms. The molecule has 17 heavy (non-hydrogen) atoms. The van der Waals surface area contributed by atoms with Crippen LogP contribution in [0.3, 0.4) is 0 Å². The minimum Gasteiger partial charge on any atom is -0.480 e. The summed E-state index contributed by atoms with van der Waals surface area (Å²) in [5.74, 6) is -0.820. The fourth-order valence-electron chi connectivity index (χ4n) is 1.88. The summed E-state index contributed by atoms with van der Waals surface area (Å²) in [6.07, 6.45) is 3.70. The Morgan fingerprint density at radius 2 is 1.88 bits per heavy atom. The van der Waals surface area contributed by atoms with Gasteiger partial charge < -0.3 is 15.2 Å². The Labute approximate surface area is 105 Å². The van der Waals surface area contributed by atoms with Crippen molar-refractivity contribution >= 4 is 5.97 Å². The lowest BCUT2D eigenvalue weighted by Gasteiger charge is -2.34. The van der Waals surface area contributed by atoms with E-state index in [-0.39, 0.29) is 0 Å². The molecule has 1 unspecified atom stereocenters. The summed E-state index contributed by atoms with van der Waals surface area (Å²) < 4.78 is 5.31. The van der Waals surface area contributed by atoms with Gasteiger partial charge in [0.05, 0.1) is 5.60 Å². The Morgan fingerprint density at radius 3 is 2.29 bits per heavy atom. The molecule has 4 nitrogen and oxygen atoms in total. The minimum absolute atomic E-state index is 0.440. The maximum atomic E-state index is 11.4. The van der Waals surface area contributed by atoms with Crippen molar-refractivity contribution in [3.8, 4) is 0 Å². The van der Waals surface area contributed by atoms with Gasteiger partial charge in [0.15, 0.2) is 0 Å². The van der Waals surface area contributed by atoms with Gasteiger partial charge in [0, 0.05) is 13.5 Å². The Balaban J connectivity index is 4.41. The van der Waals surface area contributed by atoms with Crippen LogP contribution in [0.2, 0.25) is 0 Å². The summed E-state index contributed by atoms with van der Waals surface area (Å²) in [5, 5.41) is 12.5. The number of hydrogen-bond acceptors (Lipinski definition) is 3. The topological polar surface area (TPSA) is 58.6 Å². The standard InChI is InChI=1S/C13H27NO3/c1-6-7-8-9-14-13(4,11(15)16)10-12(2,3)17-5/h14H,6-10H2,1-5H3,(H,15,16). The second-order valence-electron chi connectivity index (χ2n) is 5.41. The summed E-state index contributed by atoms with van der Waals surface area (Å²) in [4.78, 5) is 11.4. The van der Waals surface area contributed by atoms with E-state index in [1.807, 2.05) is 13.8 Å². The summed E-state index contributed by atoms with van der Waals surface area (Å²) in [5.41, 5.74) is -1.36. The van der Waals surface area contributed by atoms with Crippen LogP contribution < -0.4 is 5.32 Å². The molecule has 102 valence electrons. The molecule has 0 amide bonds. The third kappa shape index (κ3) is 6.03. The lowest BCUT2D eigenvalue weighted by atomic mass is 9.87. The van der Waals surface area contributed by atoms with E-state index in [1.165, 1.54) is 0 Å². The number of carbonyl (C=O) groups is 1. The third-order valence-corrected chi connectivity index (χ3v) is 3.10. The average Bonchev–Trinajstić information content (AvgIpc) is 2.24. The van der Waals surface area contributed by atoms with Crippen LogP contribution in [-0.2, 0) is 9.53 Å². The molecular weight excluding hydrogens is 218 g/mol. The molecule has 2 N–H and O–H groups in total. The maximum Gasteiger partial charge on any atom is 0.323 e. The van der Waals surface area contributed by atoms with Crippen molar-refractivity contribution in [1.29, 1.82) is 0 Å². The van der Waals surface area contributed by atoms with E-state index in [1.54, 1.807) is 14.0 Å². The van der Waals surface area contributed by atoms with Crippen molar-refractivity contribution in [2.75, 3.05) is 13.7 Å². The molecule has 0 saturated heterocycles. The number of carboxylic acids is 1. The smallest absolute Gasteiger partial charge is 0.323 e. The Hall–Kier alpha value is -0.610. The predicted octanol–water partition coefficient (Wildman–Crippen LogP) is 2.42. The van der Waals surface area contributed by atoms with Gasteiger partial charge in [-0.1, -0.05) is 19.8 Å². The lowest BCUT2D eigenvalue weighted by molar-refractivity contribution is -0.147. The molecule has 0 radical (unpaired) electrons. The van der Waals surface area contributed by atoms with Gasteiger partial charge in [-0.15, -0.1) is 0 Å². The van der Waals surface area contributed by atoms with Crippen molar-refractivity contribution in [2.45, 2.75) is 64.5 Å². The number of nitrogens with one attached hydrogen (secondary N) is 1. The van der Waals surface area contributed by atoms with Crippen molar-refractivity contribution in [3.63, 3.8) is 0 Å². The van der Waals surface area contributed by atoms with Crippen molar-refractivity contribution in [2.24, 2.45) is 0 Å². The second-order valence-corrected chi connectivity index (χ2v) is 5.41. The molecule has 0 aromatic heterocycles. The van der Waals surface area contributed by atoms with E-state index in [4.69, 9.17) is 4.74 Å². The highest BCUT2D eigenvalue weighted by atomic mass is 16.5. The van der Waals surface area contributed by atoms with Gasteiger partial charge >= 0.3 is 5.97 Å². The van der Waals surface area contributed by atoms with E-state index in [9.17, 15) is 9.90 Å². The van der Waals surface area contributed by atoms with Crippen LogP contribution in [-0.4, -0.2) is 35.9 Å². The lowest BCUT2D eigenvalue weighted by Crippen LogP contribution is -2.54. The predicted molar refractivity (Wildman–Crippen MR) is 69.3 cm³/mol. The van der Waals surface area contributed by atoms with Crippen molar-refractivity contribution in [3.05, 3.63) is 0 Å². The first-order valence-corrected chi connectivity index (χ1v) is 6.31. The summed E-state index contributed by atoms with van der Waals surface area (Å²) in [7, 11) is 1.61. The monoisotopic (exact) mass is 245 g/mol. The highest BCUT2D eigenvalue weighted by molar-refractivity contribution is 5.78. The molecule has 0 rings (SSSR count). The molecule has 0 spiro atoms. The summed E-state index contributed by atoms with van der Waals surface area (Å²) >= 11 is 0. The largest absolute Gasteiger partial charge is 0.480 e. The average molecular weight is 245 g/mol. The maximum absolute atomic E-state index is 11.4. The minimum atomic E-state index is -0.923. The highest BCUT2D eigenvalue weighted by Gasteiger charge is 2.38. The molecule has 0 bridgehead atoms. The Morgan fingerprint density at radius 1 is 1.29 bits per heavy atom. The van der Waals surface area contributed by atoms with Crippen LogP contribution in [0.5, 0.6) is 0 Å². The van der Waals surface area contributed by atoms with E-state index in [2.05, 4.69) is 12.2 Å². The zero-order valence-electron chi connectivity index (χ0n) is 11.8. The van der Waals surface area contributed by atoms with Gasteiger partial charge in [-0.3, -0.25) is 4.79 Å². The number of rotatable bonds is 9. The SMILES string of the molecule is CCCCCNC(C)(CC(C)(C)OC)C(=O)O. The third-order valence-electron chi connectivity index (χ3n) is 3.10. The van der Waals surface area contributed by atoms with Crippen LogP contribution in [0.15, 0.2) is 0 Å². The first kappa shape index (κ1) is 16.4. The number of ether oxygens (including phenoxy) is 1. The molecule has 0 saturated carbocycles. The summed E-state index contributed by atoms with van der Waals surface area (Å²) in [6.45, 7) is 8.40. The zero-order chi connectivity index (χ0) is 13.5. The molecule has 0 aromatic carbocycles. The Kier molecular flexibility index (Phi) is 6.72. The van der Waals surface area contributed by atoms with E-state index in [0.29, 0.717) is 6.42 Å². The fourth-order valence-corrected chi connectivity index (χ4v) is 1.88. The molecule has 0 aromatic rings. The second kappa shape index (κ2) is 6.97. The first-order valence-electron chi connectivity index (χ1n) is 6.31. The molecule has 0 fully saturated rings. The molecule has 0 aliphatic carbocycles. The molecule has 0 heterocycles. The van der Waals surface area contributed by atoms with Gasteiger partial charge in [0.2, 0.25) is 0 Å². The van der Waals surface area contributed by atoms with Crippen molar-refractivity contribution < 1.29 is 14.6 Å². The van der Waals surface area contributed by atoms with Gasteiger partial charge in [0.1, 0.15) is 5.54 Å². The Bertz CT molecular complexity index is 241. The van der Waals surface area contributed by atoms with Crippen LogP contribution in [0.25, 0.3) is 0 Å². The number of hydrogen-bond donors (Lipinski definition) is 2. The number of unbranched alkanes of at least 4 members (excludes halogenated alkanes) is 2. The zero-order valence-corrected chi connectivity index (χ0v) is 11.8. The normalized spacial score (nSPS) is 15.6. The van der Waals surface area contributed by atoms with E-state index in [0.717, 1.165) is 25.8 Å². The molecule has 0 aliphatic rings.